The summed E-state index contributed by atoms with van der Waals surface area (Å²) in [6.07, 6.45) is -36.2. The Morgan fingerprint density at radius 3 is 1.17 bits per heavy atom. The van der Waals surface area contributed by atoms with Crippen LogP contribution in [0, 0.1) is 47.3 Å². The third kappa shape index (κ3) is 29.5. The Balaban J connectivity index is 0.000000244. The molecule has 16 atom stereocenters. The molecule has 1 N–H and O–H groups in total. The molecule has 0 spiro atoms. The topological polar surface area (TPSA) is 459 Å². The van der Waals surface area contributed by atoms with Crippen molar-refractivity contribution in [2.24, 2.45) is 47.3 Å². The van der Waals surface area contributed by atoms with Crippen molar-refractivity contribution in [2.45, 2.75) is 201 Å². The number of esters is 8. The lowest BCUT2D eigenvalue weighted by Gasteiger charge is -2.32. The minimum absolute atomic E-state index is 0.00287. The summed E-state index contributed by atoms with van der Waals surface area (Å²) in [5.74, 6) is -24.1. The SMILES string of the molecule is [B]Cc1cc(C[B])c(C(=O)OC(CS(=O)(=O)[O-])C(F)(F)F)c(C[B])c1O.[B]Cc1cc(C[B])c(C[B])c(C(=O)OC2C3CC4C(OC(=O)C42)C3C(=O)OC(CS(=O)(=O)[O-])C(F)(F)F)c1.[B]Cc1cc(C[B])c(C[B])c(C(=O)OC2CC3CC(C(=O)OC(CS(=O)(=O)[O-])C(F)(F)F)C2C3)c1.[B]Cc1cc(C[B])c(C[B])c(C(=O)OC2CCCC(C(=O)OC(CS(=O)(=O)[O-])C(F)(F)F)C2)c1. The first-order chi connectivity index (χ1) is 61.6. The van der Waals surface area contributed by atoms with Crippen LogP contribution in [0.4, 0.5) is 52.7 Å². The molecule has 10 rings (SSSR count). The second kappa shape index (κ2) is 46.0. The first kappa shape index (κ1) is 112. The van der Waals surface area contributed by atoms with Crippen molar-refractivity contribution in [1.29, 1.82) is 0 Å². The molecule has 57 heteroatoms. The fraction of sp³-hybridized carbons (Fsp3) is 0.579. The number of hydrogen-bond acceptors (Lipinski definition) is 29. The number of rotatable bonds is 34. The number of hydrogen-bond donors (Lipinski definition) is 1. The molecule has 16 unspecified atom stereocenters. The van der Waals surface area contributed by atoms with Gasteiger partial charge in [-0.05, 0) is 103 Å². The number of carbonyl (C=O) groups excluding carboxylic acids is 8. The number of benzene rings is 4. The molecule has 4 aromatic carbocycles. The normalized spacial score (nSPS) is 22.4. The molecule has 0 amide bonds. The van der Waals surface area contributed by atoms with Gasteiger partial charge in [-0.2, -0.15) is 52.7 Å². The van der Waals surface area contributed by atoms with Gasteiger partial charge in [0.05, 0.1) is 192 Å². The van der Waals surface area contributed by atoms with Gasteiger partial charge < -0.3 is 61.2 Å². The van der Waals surface area contributed by atoms with Crippen LogP contribution in [0.1, 0.15) is 160 Å². The highest BCUT2D eigenvalue weighted by molar-refractivity contribution is 7.86. The van der Waals surface area contributed by atoms with E-state index in [-0.39, 0.29) is 135 Å². The summed E-state index contributed by atoms with van der Waals surface area (Å²) in [5.41, 5.74) is 4.66. The van der Waals surface area contributed by atoms with Crippen LogP contribution in [0.5, 0.6) is 5.75 Å². The van der Waals surface area contributed by atoms with Crippen LogP contribution < -0.4 is 0 Å². The van der Waals surface area contributed by atoms with Crippen molar-refractivity contribution in [3.05, 3.63) is 131 Å². The Labute approximate surface area is 772 Å². The van der Waals surface area contributed by atoms with Gasteiger partial charge in [0.2, 0.25) is 24.4 Å². The zero-order valence-corrected chi connectivity index (χ0v) is 73.0. The molecule has 1 heterocycles. The van der Waals surface area contributed by atoms with Crippen molar-refractivity contribution in [1.82, 2.24) is 0 Å². The quantitative estimate of drug-likeness (QED) is 0.0231. The lowest BCUT2D eigenvalue weighted by Crippen LogP contribution is -2.47. The Morgan fingerprint density at radius 2 is 0.789 bits per heavy atom. The molecule has 698 valence electrons. The Kier molecular flexibility index (Phi) is 38.7. The minimum Gasteiger partial charge on any atom is -0.748 e. The number of carbonyl (C=O) groups is 8. The highest BCUT2D eigenvalue weighted by atomic mass is 32.2. The van der Waals surface area contributed by atoms with E-state index in [1.54, 1.807) is 24.3 Å². The average Bonchev–Trinajstić information content (AvgIpc) is 1.54. The zero-order chi connectivity index (χ0) is 100. The molecule has 0 aromatic heterocycles. The molecule has 4 aromatic rings. The van der Waals surface area contributed by atoms with E-state index in [1.807, 2.05) is 0 Å². The predicted molar refractivity (Wildman–Crippen MR) is 445 cm³/mol. The van der Waals surface area contributed by atoms with E-state index in [2.05, 4.69) is 18.9 Å². The number of aromatic hydroxyl groups is 1. The van der Waals surface area contributed by atoms with Crippen LogP contribution in [-0.4, -0.2) is 295 Å². The predicted octanol–water partition coefficient (Wildman–Crippen LogP) is 2.78. The summed E-state index contributed by atoms with van der Waals surface area (Å²) < 4.78 is 326. The molecule has 24 radical (unpaired) electrons. The van der Waals surface area contributed by atoms with Crippen LogP contribution in [0.25, 0.3) is 0 Å². The summed E-state index contributed by atoms with van der Waals surface area (Å²) in [6.45, 7) is 0. The smallest absolute Gasteiger partial charge is 0.426 e. The van der Waals surface area contributed by atoms with Crippen LogP contribution in [-0.2, 0) is 173 Å². The van der Waals surface area contributed by atoms with Gasteiger partial charge >= 0.3 is 72.5 Å². The summed E-state index contributed by atoms with van der Waals surface area (Å²) in [5, 5.41) is 10.0. The highest BCUT2D eigenvalue weighted by Crippen LogP contribution is 2.59. The van der Waals surface area contributed by atoms with Gasteiger partial charge in [-0.1, -0.05) is 133 Å². The van der Waals surface area contributed by atoms with Gasteiger partial charge in [0.1, 0.15) is 42.0 Å². The third-order valence-corrected chi connectivity index (χ3v) is 25.6. The summed E-state index contributed by atoms with van der Waals surface area (Å²) in [6, 6.07) is 10.9. The van der Waals surface area contributed by atoms with E-state index in [0.29, 0.717) is 75.8 Å². The number of phenols is 1. The van der Waals surface area contributed by atoms with Crippen LogP contribution in [0.3, 0.4) is 0 Å². The van der Waals surface area contributed by atoms with Crippen LogP contribution in [0.15, 0.2) is 42.5 Å². The van der Waals surface area contributed by atoms with Crippen molar-refractivity contribution in [2.75, 3.05) is 23.0 Å². The number of halogens is 12. The Hall–Kier alpha value is -7.98. The van der Waals surface area contributed by atoms with Crippen molar-refractivity contribution in [3.8, 4) is 5.75 Å². The Morgan fingerprint density at radius 1 is 0.406 bits per heavy atom. The molecule has 5 saturated carbocycles. The minimum atomic E-state index is -5.41. The molecule has 1 aliphatic heterocycles. The molecule has 133 heavy (non-hydrogen) atoms. The van der Waals surface area contributed by atoms with Gasteiger partial charge in [0, 0.05) is 23.3 Å². The fourth-order valence-corrected chi connectivity index (χ4v) is 19.3. The molecule has 4 bridgehead atoms. The largest absolute Gasteiger partial charge is 0.748 e. The van der Waals surface area contributed by atoms with E-state index in [4.69, 9.17) is 113 Å². The summed E-state index contributed by atoms with van der Waals surface area (Å²) in [7, 11) is 46.6. The second-order valence-electron chi connectivity index (χ2n) is 31.5. The van der Waals surface area contributed by atoms with Crippen LogP contribution in [0.2, 0.25) is 0 Å². The van der Waals surface area contributed by atoms with Gasteiger partial charge in [-0.25, -0.2) is 52.8 Å². The second-order valence-corrected chi connectivity index (χ2v) is 37.3. The van der Waals surface area contributed by atoms with E-state index >= 15 is 0 Å². The molecule has 6 aliphatic rings. The average molecular weight is 1940 g/mol. The number of fused-ring (bicyclic) bond motifs is 3. The van der Waals surface area contributed by atoms with E-state index < -0.39 is 244 Å². The Bertz CT molecular complexity index is 5420. The monoisotopic (exact) mass is 1940 g/mol. The maximum atomic E-state index is 13.3. The lowest BCUT2D eigenvalue weighted by atomic mass is 9.79. The van der Waals surface area contributed by atoms with Crippen molar-refractivity contribution < 1.29 is 186 Å². The van der Waals surface area contributed by atoms with E-state index in [1.165, 1.54) is 18.2 Å². The van der Waals surface area contributed by atoms with Crippen molar-refractivity contribution >= 4 is 182 Å². The van der Waals surface area contributed by atoms with E-state index in [9.17, 15) is 148 Å². The molecule has 29 nitrogen and oxygen atoms in total. The summed E-state index contributed by atoms with van der Waals surface area (Å²) >= 11 is 0. The summed E-state index contributed by atoms with van der Waals surface area (Å²) in [4.78, 5) is 102. The molecular weight excluding hydrogens is 1860 g/mol. The molecule has 5 aliphatic carbocycles. The number of phenolic OH excluding ortho intramolecular Hbond substituents is 1. The highest BCUT2D eigenvalue weighted by Gasteiger charge is 2.71. The third-order valence-electron chi connectivity index (χ3n) is 22.8. The van der Waals surface area contributed by atoms with Gasteiger partial charge in [0.15, 0.2) is 0 Å². The van der Waals surface area contributed by atoms with E-state index in [0.717, 1.165) is 0 Å². The lowest BCUT2D eigenvalue weighted by molar-refractivity contribution is -0.220. The van der Waals surface area contributed by atoms with Crippen LogP contribution >= 0.6 is 0 Å². The van der Waals surface area contributed by atoms with Gasteiger partial charge in [-0.3, -0.25) is 19.2 Å². The standard InChI is InChI=1S/C22H20B3F3O9S.C21H22B3F3O7S.C20H22B3F3O7S.C13H12B3F3O6S/c23-4-8-1-9(5-24)13(6-25)10(2-8)19(29)36-17-11-3-12-16(17)21(31)37-18(12)15(11)20(30)35-14(22(26,27)28)7-38(32,33)34;22-6-11-1-12(7-23)16(8-24)15(4-11)19(28)33-17-5-10-2-13(17)14(3-10)20(29)34-18(21(25,26)27)9-35(30,31)32;21-7-11-4-13(8-22)16(9-23)15(5-11)19(28)32-14-3-1-2-12(6-14)18(27)33-17(20(24,25)26)10-34(29,30)31;14-2-6-1-7(3-15)11(20)8(4-16)10(6)12(21)25-9(13(17,18)19)5-26(22,23)24/h1-2,11-12,14-18H,3-7H2,(H,32,33,34);1,4,10,13-14,17-18H,2-3,5-9H2,(H,30,31,32);4-5,12,14,17H,1-3,6-10H2,(H,29,30,31);1,9,20H,2-5H2,(H,22,23,24)/p-4. The zero-order valence-electron chi connectivity index (χ0n) is 69.7. The van der Waals surface area contributed by atoms with Gasteiger partial charge in [0.25, 0.3) is 0 Å². The fourth-order valence-electron chi connectivity index (χ4n) is 16.8. The number of alkyl halides is 12. The van der Waals surface area contributed by atoms with Crippen molar-refractivity contribution in [3.63, 3.8) is 0 Å². The first-order valence-corrected chi connectivity index (χ1v) is 46.3. The molecule has 1 saturated heterocycles. The molecule has 6 fully saturated rings. The first-order valence-electron chi connectivity index (χ1n) is 40.0. The number of ether oxygens (including phenoxy) is 8. The van der Waals surface area contributed by atoms with Gasteiger partial charge in [-0.15, -0.1) is 0 Å². The maximum Gasteiger partial charge on any atom is 0.426 e. The maximum absolute atomic E-state index is 13.3. The molecular formula is C76H72B12F12O29S4-4.